The minimum Gasteiger partial charge on any atom is -0.305 e. The Kier molecular flexibility index (Phi) is 4.96. The Hall–Kier alpha value is -1.61. The lowest BCUT2D eigenvalue weighted by atomic mass is 9.97. The molecule has 0 saturated carbocycles. The van der Waals surface area contributed by atoms with Crippen LogP contribution in [0, 0.1) is 5.92 Å². The number of hydrogen-bond acceptors (Lipinski definition) is 2. The molecule has 20 heavy (non-hydrogen) atoms. The van der Waals surface area contributed by atoms with Crippen molar-refractivity contribution < 1.29 is 0 Å². The molecule has 2 aromatic rings. The van der Waals surface area contributed by atoms with E-state index in [1.807, 2.05) is 17.9 Å². The minimum atomic E-state index is 0.208. The van der Waals surface area contributed by atoms with Gasteiger partial charge in [-0.25, -0.2) is 0 Å². The van der Waals surface area contributed by atoms with Gasteiger partial charge in [-0.3, -0.25) is 4.68 Å². The predicted molar refractivity (Wildman–Crippen MR) is 83.7 cm³/mol. The molecule has 1 aromatic carbocycles. The van der Waals surface area contributed by atoms with Gasteiger partial charge in [0.15, 0.2) is 0 Å². The van der Waals surface area contributed by atoms with Crippen LogP contribution in [0.3, 0.4) is 0 Å². The molecule has 2 rings (SSSR count). The highest BCUT2D eigenvalue weighted by Gasteiger charge is 2.16. The molecule has 3 heteroatoms. The molecule has 1 unspecified atom stereocenters. The Balaban J connectivity index is 2.32. The number of nitrogens with one attached hydrogen (secondary N) is 1. The Morgan fingerprint density at radius 3 is 2.65 bits per heavy atom. The van der Waals surface area contributed by atoms with E-state index < -0.39 is 0 Å². The van der Waals surface area contributed by atoms with Crippen LogP contribution in [0.1, 0.15) is 43.6 Å². The molecule has 1 heterocycles. The summed E-state index contributed by atoms with van der Waals surface area (Å²) in [5.74, 6) is 0.680. The van der Waals surface area contributed by atoms with E-state index in [-0.39, 0.29) is 6.04 Å². The van der Waals surface area contributed by atoms with Gasteiger partial charge in [-0.2, -0.15) is 5.10 Å². The molecule has 1 atom stereocenters. The highest BCUT2D eigenvalue weighted by molar-refractivity contribution is 5.31. The van der Waals surface area contributed by atoms with E-state index >= 15 is 0 Å². The summed E-state index contributed by atoms with van der Waals surface area (Å²) in [5, 5.41) is 7.85. The second kappa shape index (κ2) is 6.71. The molecular weight excluding hydrogens is 246 g/mol. The fourth-order valence-electron chi connectivity index (χ4n) is 2.64. The van der Waals surface area contributed by atoms with E-state index in [2.05, 4.69) is 61.5 Å². The number of aryl methyl sites for hydroxylation is 1. The topological polar surface area (TPSA) is 29.9 Å². The van der Waals surface area contributed by atoms with Crippen LogP contribution in [0.2, 0.25) is 0 Å². The van der Waals surface area contributed by atoms with Gasteiger partial charge in [0.2, 0.25) is 0 Å². The zero-order valence-electron chi connectivity index (χ0n) is 12.9. The molecule has 0 aliphatic rings. The first kappa shape index (κ1) is 14.8. The number of nitrogens with zero attached hydrogens (tertiary/aromatic N) is 2. The molecule has 0 bridgehead atoms. The zero-order chi connectivity index (χ0) is 14.5. The largest absolute Gasteiger partial charge is 0.305 e. The SMILES string of the molecule is CCNC(c1cccc(CC(C)C)c1)c1ccnn1C. The van der Waals surface area contributed by atoms with E-state index in [0.29, 0.717) is 5.92 Å². The van der Waals surface area contributed by atoms with Gasteiger partial charge in [0.1, 0.15) is 0 Å². The van der Waals surface area contributed by atoms with Crippen LogP contribution in [-0.2, 0) is 13.5 Å². The van der Waals surface area contributed by atoms with E-state index in [9.17, 15) is 0 Å². The Morgan fingerprint density at radius 1 is 1.25 bits per heavy atom. The molecule has 1 N–H and O–H groups in total. The van der Waals surface area contributed by atoms with Crippen LogP contribution in [-0.4, -0.2) is 16.3 Å². The van der Waals surface area contributed by atoms with Gasteiger partial charge in [-0.15, -0.1) is 0 Å². The summed E-state index contributed by atoms with van der Waals surface area (Å²) < 4.78 is 1.95. The van der Waals surface area contributed by atoms with Crippen LogP contribution in [0.15, 0.2) is 36.5 Å². The lowest BCUT2D eigenvalue weighted by molar-refractivity contribution is 0.571. The van der Waals surface area contributed by atoms with Crippen molar-refractivity contribution in [2.75, 3.05) is 6.54 Å². The van der Waals surface area contributed by atoms with Crippen LogP contribution < -0.4 is 5.32 Å². The average Bonchev–Trinajstić information content (AvgIpc) is 2.81. The third-order valence-electron chi connectivity index (χ3n) is 3.49. The number of hydrogen-bond donors (Lipinski definition) is 1. The second-order valence-electron chi connectivity index (χ2n) is 5.71. The Morgan fingerprint density at radius 2 is 2.05 bits per heavy atom. The van der Waals surface area contributed by atoms with Crippen molar-refractivity contribution in [1.29, 1.82) is 0 Å². The van der Waals surface area contributed by atoms with Gasteiger partial charge in [-0.1, -0.05) is 45.0 Å². The maximum absolute atomic E-state index is 4.29. The van der Waals surface area contributed by atoms with Crippen molar-refractivity contribution in [3.63, 3.8) is 0 Å². The van der Waals surface area contributed by atoms with Gasteiger partial charge >= 0.3 is 0 Å². The molecule has 0 aliphatic heterocycles. The smallest absolute Gasteiger partial charge is 0.0748 e. The van der Waals surface area contributed by atoms with Crippen LogP contribution in [0.5, 0.6) is 0 Å². The predicted octanol–water partition coefficient (Wildman–Crippen LogP) is 3.32. The maximum atomic E-state index is 4.29. The zero-order valence-corrected chi connectivity index (χ0v) is 12.9. The normalized spacial score (nSPS) is 12.8. The second-order valence-corrected chi connectivity index (χ2v) is 5.71. The molecule has 0 saturated heterocycles. The van der Waals surface area contributed by atoms with Crippen molar-refractivity contribution in [2.24, 2.45) is 13.0 Å². The summed E-state index contributed by atoms with van der Waals surface area (Å²) in [6.07, 6.45) is 2.98. The molecule has 0 aliphatic carbocycles. The molecule has 0 amide bonds. The highest BCUT2D eigenvalue weighted by atomic mass is 15.3. The standard InChI is InChI=1S/C17H25N3/c1-5-18-17(16-9-10-19-20(16)4)15-8-6-7-14(12-15)11-13(2)3/h6-10,12-13,17-18H,5,11H2,1-4H3. The average molecular weight is 271 g/mol. The van der Waals surface area contributed by atoms with Crippen LogP contribution in [0.4, 0.5) is 0 Å². The monoisotopic (exact) mass is 271 g/mol. The number of aromatic nitrogens is 2. The fourth-order valence-corrected chi connectivity index (χ4v) is 2.64. The van der Waals surface area contributed by atoms with Crippen LogP contribution in [0.25, 0.3) is 0 Å². The minimum absolute atomic E-state index is 0.208. The highest BCUT2D eigenvalue weighted by Crippen LogP contribution is 2.23. The lowest BCUT2D eigenvalue weighted by Crippen LogP contribution is -2.24. The summed E-state index contributed by atoms with van der Waals surface area (Å²) in [6.45, 7) is 7.59. The van der Waals surface area contributed by atoms with Gasteiger partial charge in [-0.05, 0) is 36.1 Å². The van der Waals surface area contributed by atoms with Crippen molar-refractivity contribution in [3.8, 4) is 0 Å². The molecule has 3 nitrogen and oxygen atoms in total. The first-order valence-electron chi connectivity index (χ1n) is 7.42. The van der Waals surface area contributed by atoms with Crippen molar-refractivity contribution in [3.05, 3.63) is 53.3 Å². The van der Waals surface area contributed by atoms with E-state index in [4.69, 9.17) is 0 Å². The summed E-state index contributed by atoms with van der Waals surface area (Å²) in [5.41, 5.74) is 3.92. The Labute approximate surface area is 122 Å². The van der Waals surface area contributed by atoms with Crippen molar-refractivity contribution in [2.45, 2.75) is 33.2 Å². The van der Waals surface area contributed by atoms with E-state index in [1.165, 1.54) is 16.8 Å². The molecule has 0 spiro atoms. The maximum Gasteiger partial charge on any atom is 0.0748 e. The Bertz CT molecular complexity index is 543. The van der Waals surface area contributed by atoms with Crippen molar-refractivity contribution >= 4 is 0 Å². The fraction of sp³-hybridized carbons (Fsp3) is 0.471. The quantitative estimate of drug-likeness (QED) is 0.873. The van der Waals surface area contributed by atoms with Gasteiger partial charge < -0.3 is 5.32 Å². The summed E-state index contributed by atoms with van der Waals surface area (Å²) in [6, 6.07) is 11.2. The lowest BCUT2D eigenvalue weighted by Gasteiger charge is -2.20. The first-order chi connectivity index (χ1) is 9.61. The summed E-state index contributed by atoms with van der Waals surface area (Å²) in [7, 11) is 2.00. The number of benzene rings is 1. The third kappa shape index (κ3) is 3.48. The summed E-state index contributed by atoms with van der Waals surface area (Å²) >= 11 is 0. The molecular formula is C17H25N3. The molecule has 108 valence electrons. The molecule has 0 radical (unpaired) electrons. The third-order valence-corrected chi connectivity index (χ3v) is 3.49. The van der Waals surface area contributed by atoms with Crippen molar-refractivity contribution in [1.82, 2.24) is 15.1 Å². The molecule has 0 fully saturated rings. The number of rotatable bonds is 6. The van der Waals surface area contributed by atoms with Crippen LogP contribution >= 0.6 is 0 Å². The van der Waals surface area contributed by atoms with E-state index in [1.54, 1.807) is 0 Å². The first-order valence-corrected chi connectivity index (χ1v) is 7.42. The molecule has 1 aromatic heterocycles. The summed E-state index contributed by atoms with van der Waals surface area (Å²) in [4.78, 5) is 0. The van der Waals surface area contributed by atoms with Gasteiger partial charge in [0.25, 0.3) is 0 Å². The van der Waals surface area contributed by atoms with E-state index in [0.717, 1.165) is 13.0 Å². The van der Waals surface area contributed by atoms with Gasteiger partial charge in [0, 0.05) is 13.2 Å². The van der Waals surface area contributed by atoms with Gasteiger partial charge in [0.05, 0.1) is 11.7 Å².